The van der Waals surface area contributed by atoms with Crippen molar-refractivity contribution in [2.75, 3.05) is 6.54 Å². The van der Waals surface area contributed by atoms with Crippen LogP contribution in [0.2, 0.25) is 0 Å². The quantitative estimate of drug-likeness (QED) is 0.551. The highest BCUT2D eigenvalue weighted by atomic mass is 79.9. The minimum Gasteiger partial charge on any atom is -0.461 e. The van der Waals surface area contributed by atoms with Crippen molar-refractivity contribution in [3.63, 3.8) is 0 Å². The SMILES string of the molecule is O=C(CCN1C(=O)C2CCCCC2C1=O)OCc1ccc(F)cc1Br. The van der Waals surface area contributed by atoms with E-state index >= 15 is 0 Å². The van der Waals surface area contributed by atoms with E-state index in [4.69, 9.17) is 4.74 Å². The van der Waals surface area contributed by atoms with Crippen molar-refractivity contribution in [1.82, 2.24) is 4.90 Å². The maximum atomic E-state index is 13.0. The summed E-state index contributed by atoms with van der Waals surface area (Å²) in [5.41, 5.74) is 0.647. The monoisotopic (exact) mass is 411 g/mol. The molecule has 5 nitrogen and oxygen atoms in total. The maximum absolute atomic E-state index is 13.0. The molecule has 2 fully saturated rings. The predicted molar refractivity (Wildman–Crippen MR) is 90.7 cm³/mol. The number of halogens is 2. The molecule has 0 aromatic heterocycles. The van der Waals surface area contributed by atoms with Gasteiger partial charge in [-0.2, -0.15) is 0 Å². The number of carbonyl (C=O) groups excluding carboxylic acids is 3. The van der Waals surface area contributed by atoms with Crippen molar-refractivity contribution < 1.29 is 23.5 Å². The summed E-state index contributed by atoms with van der Waals surface area (Å²) in [5.74, 6) is -1.58. The zero-order chi connectivity index (χ0) is 18.0. The van der Waals surface area contributed by atoms with Gasteiger partial charge in [0, 0.05) is 16.6 Å². The zero-order valence-electron chi connectivity index (χ0n) is 13.7. The minimum atomic E-state index is -0.494. The first kappa shape index (κ1) is 18.0. The van der Waals surface area contributed by atoms with Gasteiger partial charge in [0.25, 0.3) is 0 Å². The van der Waals surface area contributed by atoms with Crippen molar-refractivity contribution >= 4 is 33.7 Å². The van der Waals surface area contributed by atoms with Gasteiger partial charge in [0.2, 0.25) is 11.8 Å². The molecule has 2 amide bonds. The van der Waals surface area contributed by atoms with Crippen LogP contribution >= 0.6 is 15.9 Å². The van der Waals surface area contributed by atoms with Gasteiger partial charge in [0.15, 0.2) is 0 Å². The fourth-order valence-corrected chi connectivity index (χ4v) is 3.99. The number of nitrogens with zero attached hydrogens (tertiary/aromatic N) is 1. The Morgan fingerprint density at radius 1 is 1.20 bits per heavy atom. The molecule has 1 aliphatic heterocycles. The van der Waals surface area contributed by atoms with E-state index in [1.54, 1.807) is 0 Å². The number of benzene rings is 1. The molecule has 25 heavy (non-hydrogen) atoms. The van der Waals surface area contributed by atoms with E-state index in [1.807, 2.05) is 0 Å². The van der Waals surface area contributed by atoms with Crippen LogP contribution in [-0.4, -0.2) is 29.2 Å². The van der Waals surface area contributed by atoms with Gasteiger partial charge in [-0.15, -0.1) is 0 Å². The highest BCUT2D eigenvalue weighted by molar-refractivity contribution is 9.10. The van der Waals surface area contributed by atoms with Crippen LogP contribution in [0.1, 0.15) is 37.7 Å². The van der Waals surface area contributed by atoms with E-state index < -0.39 is 5.97 Å². The van der Waals surface area contributed by atoms with Crippen molar-refractivity contribution in [3.05, 3.63) is 34.1 Å². The van der Waals surface area contributed by atoms with Gasteiger partial charge < -0.3 is 4.74 Å². The summed E-state index contributed by atoms with van der Waals surface area (Å²) in [6.07, 6.45) is 3.44. The summed E-state index contributed by atoms with van der Waals surface area (Å²) < 4.78 is 18.7. The van der Waals surface area contributed by atoms with Gasteiger partial charge in [-0.3, -0.25) is 19.3 Å². The molecular weight excluding hydrogens is 393 g/mol. The second-order valence-electron chi connectivity index (χ2n) is 6.47. The van der Waals surface area contributed by atoms with Crippen molar-refractivity contribution in [2.45, 2.75) is 38.7 Å². The summed E-state index contributed by atoms with van der Waals surface area (Å²) >= 11 is 3.21. The fraction of sp³-hybridized carbons (Fsp3) is 0.500. The standard InChI is InChI=1S/C18H19BrFNO4/c19-15-9-12(20)6-5-11(15)10-25-16(22)7-8-21-17(23)13-3-1-2-4-14(13)18(21)24/h5-6,9,13-14H,1-4,7-8,10H2. The Hall–Kier alpha value is -1.76. The molecule has 1 saturated heterocycles. The lowest BCUT2D eigenvalue weighted by Crippen LogP contribution is -2.33. The van der Waals surface area contributed by atoms with Crippen molar-refractivity contribution in [3.8, 4) is 0 Å². The lowest BCUT2D eigenvalue weighted by Gasteiger charge is -2.19. The second-order valence-corrected chi connectivity index (χ2v) is 7.33. The number of imide groups is 1. The number of rotatable bonds is 5. The topological polar surface area (TPSA) is 63.7 Å². The third kappa shape index (κ3) is 3.92. The van der Waals surface area contributed by atoms with E-state index in [0.29, 0.717) is 10.0 Å². The summed E-state index contributed by atoms with van der Waals surface area (Å²) in [6.45, 7) is 0.0704. The first-order chi connectivity index (χ1) is 12.0. The molecule has 0 radical (unpaired) electrons. The Morgan fingerprint density at radius 3 is 2.44 bits per heavy atom. The summed E-state index contributed by atoms with van der Waals surface area (Å²) in [4.78, 5) is 37.8. The average molecular weight is 412 g/mol. The number of amides is 2. The molecule has 2 atom stereocenters. The van der Waals surface area contributed by atoms with Crippen LogP contribution in [0, 0.1) is 17.7 Å². The van der Waals surface area contributed by atoms with Crippen LogP contribution in [0.15, 0.2) is 22.7 Å². The van der Waals surface area contributed by atoms with E-state index in [-0.39, 0.29) is 49.0 Å². The first-order valence-corrected chi connectivity index (χ1v) is 9.21. The molecule has 0 spiro atoms. The van der Waals surface area contributed by atoms with Crippen LogP contribution < -0.4 is 0 Å². The van der Waals surface area contributed by atoms with Gasteiger partial charge in [0.05, 0.1) is 18.3 Å². The summed E-state index contributed by atoms with van der Waals surface area (Å²) in [5, 5.41) is 0. The van der Waals surface area contributed by atoms with E-state index in [1.165, 1.54) is 23.1 Å². The van der Waals surface area contributed by atoms with Crippen molar-refractivity contribution in [2.24, 2.45) is 11.8 Å². The smallest absolute Gasteiger partial charge is 0.307 e. The highest BCUT2D eigenvalue weighted by Crippen LogP contribution is 2.37. The van der Waals surface area contributed by atoms with Gasteiger partial charge >= 0.3 is 5.97 Å². The second kappa shape index (κ2) is 7.64. The van der Waals surface area contributed by atoms with Gasteiger partial charge in [-0.25, -0.2) is 4.39 Å². The van der Waals surface area contributed by atoms with Gasteiger partial charge in [-0.05, 0) is 25.0 Å². The highest BCUT2D eigenvalue weighted by Gasteiger charge is 2.47. The molecule has 3 rings (SSSR count). The molecule has 0 N–H and O–H groups in total. The van der Waals surface area contributed by atoms with Gasteiger partial charge in [-0.1, -0.05) is 34.8 Å². The Labute approximate surface area is 153 Å². The molecule has 7 heteroatoms. The predicted octanol–water partition coefficient (Wildman–Crippen LogP) is 3.20. The van der Waals surface area contributed by atoms with Crippen molar-refractivity contribution in [1.29, 1.82) is 0 Å². The lowest BCUT2D eigenvalue weighted by atomic mass is 9.81. The lowest BCUT2D eigenvalue weighted by molar-refractivity contribution is -0.146. The number of ether oxygens (including phenoxy) is 1. The molecule has 1 aromatic rings. The Kier molecular flexibility index (Phi) is 5.51. The maximum Gasteiger partial charge on any atom is 0.307 e. The Morgan fingerprint density at radius 2 is 1.84 bits per heavy atom. The number of carbonyl (C=O) groups is 3. The number of likely N-dealkylation sites (tertiary alicyclic amines) is 1. The molecule has 1 aromatic carbocycles. The van der Waals surface area contributed by atoms with Crippen LogP contribution in [0.5, 0.6) is 0 Å². The molecule has 2 aliphatic rings. The van der Waals surface area contributed by atoms with Gasteiger partial charge in [0.1, 0.15) is 12.4 Å². The third-order valence-electron chi connectivity index (χ3n) is 4.88. The average Bonchev–Trinajstić information content (AvgIpc) is 2.84. The first-order valence-electron chi connectivity index (χ1n) is 8.42. The van der Waals surface area contributed by atoms with Crippen LogP contribution in [0.25, 0.3) is 0 Å². The van der Waals surface area contributed by atoms with E-state index in [0.717, 1.165) is 25.7 Å². The molecule has 1 heterocycles. The fourth-order valence-electron chi connectivity index (χ4n) is 3.52. The van der Waals surface area contributed by atoms with Crippen LogP contribution in [-0.2, 0) is 25.7 Å². The zero-order valence-corrected chi connectivity index (χ0v) is 15.3. The number of esters is 1. The summed E-state index contributed by atoms with van der Waals surface area (Å²) in [6, 6.07) is 4.12. The molecule has 1 aliphatic carbocycles. The molecule has 134 valence electrons. The minimum absolute atomic E-state index is 0.00679. The molecule has 1 saturated carbocycles. The molecule has 2 unspecified atom stereocenters. The molecule has 0 bridgehead atoms. The number of hydrogen-bond donors (Lipinski definition) is 0. The van der Waals surface area contributed by atoms with Crippen LogP contribution in [0.3, 0.4) is 0 Å². The van der Waals surface area contributed by atoms with E-state index in [9.17, 15) is 18.8 Å². The third-order valence-corrected chi connectivity index (χ3v) is 5.61. The Bertz CT molecular complexity index is 684. The van der Waals surface area contributed by atoms with Crippen LogP contribution in [0.4, 0.5) is 4.39 Å². The largest absolute Gasteiger partial charge is 0.461 e. The number of hydrogen-bond acceptors (Lipinski definition) is 4. The molecular formula is C18H19BrFNO4. The van der Waals surface area contributed by atoms with E-state index in [2.05, 4.69) is 15.9 Å². The number of fused-ring (bicyclic) bond motifs is 1. The normalized spacial score (nSPS) is 22.9. The summed E-state index contributed by atoms with van der Waals surface area (Å²) in [7, 11) is 0. The Balaban J connectivity index is 1.50.